The first kappa shape index (κ1) is 11.6. The van der Waals surface area contributed by atoms with E-state index in [1.807, 2.05) is 0 Å². The number of primary amides is 1. The maximum absolute atomic E-state index is 13.0. The number of nitrogens with zero attached hydrogens (tertiary/aromatic N) is 1. The van der Waals surface area contributed by atoms with E-state index in [0.717, 1.165) is 6.42 Å². The zero-order valence-electron chi connectivity index (χ0n) is 9.23. The largest absolute Gasteiger partial charge is 0.368 e. The number of halogens is 1. The van der Waals surface area contributed by atoms with Crippen molar-refractivity contribution in [3.8, 4) is 0 Å². The van der Waals surface area contributed by atoms with Gasteiger partial charge in [-0.15, -0.1) is 0 Å². The van der Waals surface area contributed by atoms with E-state index in [4.69, 9.17) is 5.73 Å². The average Bonchev–Trinajstić information content (AvgIpc) is 2.77. The minimum Gasteiger partial charge on any atom is -0.368 e. The van der Waals surface area contributed by atoms with Gasteiger partial charge < -0.3 is 10.6 Å². The van der Waals surface area contributed by atoms with Gasteiger partial charge in [-0.1, -0.05) is 0 Å². The Hall–Kier alpha value is -1.91. The zero-order chi connectivity index (χ0) is 12.4. The van der Waals surface area contributed by atoms with Crippen LogP contribution in [0.2, 0.25) is 0 Å². The lowest BCUT2D eigenvalue weighted by atomic mass is 10.1. The van der Waals surface area contributed by atoms with Crippen molar-refractivity contribution in [1.82, 2.24) is 0 Å². The molecule has 1 aromatic rings. The number of carbonyl (C=O) groups is 2. The molecule has 0 saturated carbocycles. The SMILES string of the molecule is NC(=O)C1CCCN1c1ccc(F)cc1C=O. The van der Waals surface area contributed by atoms with Crippen molar-refractivity contribution in [1.29, 1.82) is 0 Å². The van der Waals surface area contributed by atoms with Gasteiger partial charge in [0.15, 0.2) is 6.29 Å². The molecule has 1 aliphatic heterocycles. The van der Waals surface area contributed by atoms with Crippen LogP contribution in [0, 0.1) is 5.82 Å². The van der Waals surface area contributed by atoms with E-state index in [1.165, 1.54) is 18.2 Å². The van der Waals surface area contributed by atoms with Crippen LogP contribution in [0.5, 0.6) is 0 Å². The number of benzene rings is 1. The van der Waals surface area contributed by atoms with Crippen molar-refractivity contribution in [3.05, 3.63) is 29.6 Å². The molecule has 0 radical (unpaired) electrons. The highest BCUT2D eigenvalue weighted by Gasteiger charge is 2.30. The number of nitrogens with two attached hydrogens (primary N) is 1. The molecule has 0 aliphatic carbocycles. The van der Waals surface area contributed by atoms with Crippen LogP contribution in [0.4, 0.5) is 10.1 Å². The van der Waals surface area contributed by atoms with Crippen LogP contribution in [0.25, 0.3) is 0 Å². The lowest BCUT2D eigenvalue weighted by Crippen LogP contribution is -2.40. The van der Waals surface area contributed by atoms with Gasteiger partial charge in [-0.3, -0.25) is 9.59 Å². The second kappa shape index (κ2) is 4.53. The maximum Gasteiger partial charge on any atom is 0.240 e. The molecule has 0 aromatic heterocycles. The van der Waals surface area contributed by atoms with Crippen molar-refractivity contribution in [2.45, 2.75) is 18.9 Å². The number of hydrogen-bond acceptors (Lipinski definition) is 3. The van der Waals surface area contributed by atoms with E-state index in [2.05, 4.69) is 0 Å². The van der Waals surface area contributed by atoms with Crippen LogP contribution in [0.15, 0.2) is 18.2 Å². The van der Waals surface area contributed by atoms with E-state index in [9.17, 15) is 14.0 Å². The molecule has 17 heavy (non-hydrogen) atoms. The van der Waals surface area contributed by atoms with Gasteiger partial charge >= 0.3 is 0 Å². The van der Waals surface area contributed by atoms with Gasteiger partial charge in [-0.25, -0.2) is 4.39 Å². The molecule has 90 valence electrons. The van der Waals surface area contributed by atoms with E-state index in [1.54, 1.807) is 4.90 Å². The number of amides is 1. The summed E-state index contributed by atoms with van der Waals surface area (Å²) in [4.78, 5) is 23.9. The van der Waals surface area contributed by atoms with Gasteiger partial charge in [0.05, 0.1) is 0 Å². The van der Waals surface area contributed by atoms with Crippen molar-refractivity contribution >= 4 is 17.9 Å². The Morgan fingerprint density at radius 2 is 2.29 bits per heavy atom. The standard InChI is InChI=1S/C12H13FN2O2/c13-9-3-4-10(8(6-9)7-16)15-5-1-2-11(15)12(14)17/h3-4,6-7,11H,1-2,5H2,(H2,14,17). The Balaban J connectivity index is 2.39. The first-order chi connectivity index (χ1) is 8.13. The van der Waals surface area contributed by atoms with E-state index in [-0.39, 0.29) is 5.56 Å². The highest BCUT2D eigenvalue weighted by Crippen LogP contribution is 2.28. The van der Waals surface area contributed by atoms with Crippen molar-refractivity contribution in [2.75, 3.05) is 11.4 Å². The maximum atomic E-state index is 13.0. The molecule has 4 nitrogen and oxygen atoms in total. The summed E-state index contributed by atoms with van der Waals surface area (Å²) in [5.41, 5.74) is 6.12. The number of carbonyl (C=O) groups excluding carboxylic acids is 2. The molecule has 1 heterocycles. The Morgan fingerprint density at radius 3 is 2.94 bits per heavy atom. The minimum absolute atomic E-state index is 0.248. The third-order valence-corrected chi connectivity index (χ3v) is 3.01. The fraction of sp³-hybridized carbons (Fsp3) is 0.333. The summed E-state index contributed by atoms with van der Waals surface area (Å²) in [6.45, 7) is 0.653. The van der Waals surface area contributed by atoms with Gasteiger partial charge in [-0.05, 0) is 31.0 Å². The fourth-order valence-electron chi connectivity index (χ4n) is 2.23. The molecule has 0 bridgehead atoms. The van der Waals surface area contributed by atoms with Crippen LogP contribution in [-0.2, 0) is 4.79 Å². The summed E-state index contributed by atoms with van der Waals surface area (Å²) in [6.07, 6.45) is 2.10. The quantitative estimate of drug-likeness (QED) is 0.799. The van der Waals surface area contributed by atoms with Crippen LogP contribution < -0.4 is 10.6 Å². The normalized spacial score (nSPS) is 19.4. The molecule has 1 aliphatic rings. The van der Waals surface area contributed by atoms with Gasteiger partial charge in [0, 0.05) is 17.8 Å². The number of hydrogen-bond donors (Lipinski definition) is 1. The van der Waals surface area contributed by atoms with Crippen molar-refractivity contribution in [2.24, 2.45) is 5.73 Å². The minimum atomic E-state index is -0.467. The lowest BCUT2D eigenvalue weighted by molar-refractivity contribution is -0.119. The number of rotatable bonds is 3. The van der Waals surface area contributed by atoms with Gasteiger partial charge in [0.1, 0.15) is 11.9 Å². The predicted octanol–water partition coefficient (Wildman–Crippen LogP) is 1.09. The van der Waals surface area contributed by atoms with Gasteiger partial charge in [0.2, 0.25) is 5.91 Å². The second-order valence-corrected chi connectivity index (χ2v) is 4.07. The van der Waals surface area contributed by atoms with Crippen LogP contribution in [0.1, 0.15) is 23.2 Å². The van der Waals surface area contributed by atoms with Gasteiger partial charge in [0.25, 0.3) is 0 Å². The molecule has 0 spiro atoms. The topological polar surface area (TPSA) is 63.4 Å². The van der Waals surface area contributed by atoms with E-state index < -0.39 is 17.8 Å². The lowest BCUT2D eigenvalue weighted by Gasteiger charge is -2.25. The fourth-order valence-corrected chi connectivity index (χ4v) is 2.23. The predicted molar refractivity (Wildman–Crippen MR) is 61.3 cm³/mol. The van der Waals surface area contributed by atoms with E-state index in [0.29, 0.717) is 24.9 Å². The summed E-state index contributed by atoms with van der Waals surface area (Å²) in [5.74, 6) is -0.880. The van der Waals surface area contributed by atoms with Gasteiger partial charge in [-0.2, -0.15) is 0 Å². The van der Waals surface area contributed by atoms with E-state index >= 15 is 0 Å². The Labute approximate surface area is 98.2 Å². The first-order valence-electron chi connectivity index (χ1n) is 5.44. The Kier molecular flexibility index (Phi) is 3.08. The monoisotopic (exact) mass is 236 g/mol. The molecule has 1 aromatic carbocycles. The van der Waals surface area contributed by atoms with Crippen molar-refractivity contribution < 1.29 is 14.0 Å². The third kappa shape index (κ3) is 2.13. The number of anilines is 1. The summed E-state index contributed by atoms with van der Waals surface area (Å²) >= 11 is 0. The van der Waals surface area contributed by atoms with Crippen LogP contribution >= 0.6 is 0 Å². The molecule has 1 atom stereocenters. The molecule has 5 heteroatoms. The highest BCUT2D eigenvalue weighted by molar-refractivity contribution is 5.89. The van der Waals surface area contributed by atoms with Crippen LogP contribution in [0.3, 0.4) is 0 Å². The second-order valence-electron chi connectivity index (χ2n) is 4.07. The third-order valence-electron chi connectivity index (χ3n) is 3.01. The Morgan fingerprint density at radius 1 is 1.53 bits per heavy atom. The summed E-state index contributed by atoms with van der Waals surface area (Å²) in [5, 5.41) is 0. The molecule has 1 fully saturated rings. The molecule has 2 N–H and O–H groups in total. The summed E-state index contributed by atoms with van der Waals surface area (Å²) in [7, 11) is 0. The van der Waals surface area contributed by atoms with Crippen molar-refractivity contribution in [3.63, 3.8) is 0 Å². The first-order valence-corrected chi connectivity index (χ1v) is 5.44. The van der Waals surface area contributed by atoms with Crippen LogP contribution in [-0.4, -0.2) is 24.8 Å². The molecule has 1 saturated heterocycles. The average molecular weight is 236 g/mol. The number of aldehydes is 1. The smallest absolute Gasteiger partial charge is 0.240 e. The Bertz CT molecular complexity index is 462. The molecular formula is C12H13FN2O2. The zero-order valence-corrected chi connectivity index (χ0v) is 9.23. The molecule has 1 unspecified atom stereocenters. The summed E-state index contributed by atoms with van der Waals surface area (Å²) < 4.78 is 13.0. The molecule has 1 amide bonds. The molecular weight excluding hydrogens is 223 g/mol. The molecule has 2 rings (SSSR count). The highest BCUT2D eigenvalue weighted by atomic mass is 19.1. The summed E-state index contributed by atoms with van der Waals surface area (Å²) in [6, 6.07) is 3.55.